The first kappa shape index (κ1) is 18.6. The molecule has 7 aromatic rings. The Hall–Kier alpha value is -2.93. The van der Waals surface area contributed by atoms with Gasteiger partial charge in [0, 0.05) is 0 Å². The number of benzene rings is 4. The molecule has 0 saturated heterocycles. The summed E-state index contributed by atoms with van der Waals surface area (Å²) in [5.74, 6) is 0. The summed E-state index contributed by atoms with van der Waals surface area (Å²) >= 11 is 0.661. The third-order valence-corrected chi connectivity index (χ3v) is 11.3. The minimum atomic E-state index is 0.331. The molecule has 7 rings (SSSR count). The van der Waals surface area contributed by atoms with Gasteiger partial charge >= 0.3 is 198 Å². The van der Waals surface area contributed by atoms with E-state index < -0.39 is 0 Å². The molecule has 0 aliphatic heterocycles. The van der Waals surface area contributed by atoms with Crippen LogP contribution in [0.15, 0.2) is 103 Å². The topological polar surface area (TPSA) is 12.9 Å². The Morgan fingerprint density at radius 3 is 1.47 bits per heavy atom. The molecule has 150 valence electrons. The Morgan fingerprint density at radius 2 is 0.938 bits per heavy atom. The zero-order valence-corrected chi connectivity index (χ0v) is 20.5. The molecular formula is C29H17NSe2. The predicted octanol–water partition coefficient (Wildman–Crippen LogP) is 7.14. The number of hydrogen-bond acceptors (Lipinski definition) is 1. The van der Waals surface area contributed by atoms with E-state index in [1.165, 1.54) is 60.8 Å². The third kappa shape index (κ3) is 2.80. The van der Waals surface area contributed by atoms with Crippen LogP contribution in [0.5, 0.6) is 0 Å². The molecule has 32 heavy (non-hydrogen) atoms. The maximum atomic E-state index is 4.70. The van der Waals surface area contributed by atoms with Gasteiger partial charge in [-0.15, -0.1) is 0 Å². The molecule has 0 radical (unpaired) electrons. The van der Waals surface area contributed by atoms with Crippen molar-refractivity contribution in [3.05, 3.63) is 103 Å². The molecule has 0 saturated carbocycles. The van der Waals surface area contributed by atoms with Crippen molar-refractivity contribution in [2.24, 2.45) is 0 Å². The number of hydrogen-bond donors (Lipinski definition) is 0. The Morgan fingerprint density at radius 1 is 0.469 bits per heavy atom. The van der Waals surface area contributed by atoms with Gasteiger partial charge in [0.05, 0.1) is 0 Å². The molecule has 3 aromatic heterocycles. The molecule has 0 unspecified atom stereocenters. The summed E-state index contributed by atoms with van der Waals surface area (Å²) in [7, 11) is 0. The van der Waals surface area contributed by atoms with Crippen molar-refractivity contribution in [2.45, 2.75) is 0 Å². The van der Waals surface area contributed by atoms with Crippen LogP contribution in [0.3, 0.4) is 0 Å². The first-order valence-corrected chi connectivity index (χ1v) is 14.1. The third-order valence-electron chi connectivity index (χ3n) is 6.17. The first-order valence-electron chi connectivity index (χ1n) is 10.6. The molecule has 0 aliphatic carbocycles. The van der Waals surface area contributed by atoms with Crippen LogP contribution >= 0.6 is 0 Å². The van der Waals surface area contributed by atoms with E-state index in [4.69, 9.17) is 4.98 Å². The Balaban J connectivity index is 1.45. The van der Waals surface area contributed by atoms with Crippen molar-refractivity contribution in [3.63, 3.8) is 0 Å². The van der Waals surface area contributed by atoms with Crippen molar-refractivity contribution in [1.29, 1.82) is 0 Å². The van der Waals surface area contributed by atoms with Crippen molar-refractivity contribution >= 4 is 67.6 Å². The van der Waals surface area contributed by atoms with Gasteiger partial charge in [0.15, 0.2) is 0 Å². The number of rotatable bonds is 2. The van der Waals surface area contributed by atoms with Gasteiger partial charge in [-0.1, -0.05) is 0 Å². The number of nitrogens with zero attached hydrogens (tertiary/aromatic N) is 1. The standard InChI is InChI=1S/C29H17NSe2/c1-3-13-26-22(7-1)24-11-5-9-20(28(24)31-26)18-15-19(17-30-16-18)21-10-6-12-25-23-8-2-4-14-27(23)32-29(21)25/h1-17H. The van der Waals surface area contributed by atoms with E-state index in [0.29, 0.717) is 29.0 Å². The second kappa shape index (κ2) is 7.30. The van der Waals surface area contributed by atoms with Crippen molar-refractivity contribution in [3.8, 4) is 22.3 Å². The van der Waals surface area contributed by atoms with Crippen LogP contribution in [-0.4, -0.2) is 34.0 Å². The molecule has 0 aliphatic rings. The molecule has 0 atom stereocenters. The fourth-order valence-corrected chi connectivity index (χ4v) is 9.88. The molecule has 0 bridgehead atoms. The number of pyridine rings is 1. The van der Waals surface area contributed by atoms with E-state index in [-0.39, 0.29) is 0 Å². The average molecular weight is 537 g/mol. The van der Waals surface area contributed by atoms with Crippen LogP contribution in [0.25, 0.3) is 60.8 Å². The molecule has 0 N–H and O–H groups in total. The summed E-state index contributed by atoms with van der Waals surface area (Å²) in [6.07, 6.45) is 4.06. The Labute approximate surface area is 197 Å². The molecule has 4 aromatic carbocycles. The normalized spacial score (nSPS) is 11.8. The fourth-order valence-electron chi connectivity index (χ4n) is 4.68. The quantitative estimate of drug-likeness (QED) is 0.214. The predicted molar refractivity (Wildman–Crippen MR) is 139 cm³/mol. The van der Waals surface area contributed by atoms with E-state index in [1.54, 1.807) is 0 Å². The van der Waals surface area contributed by atoms with Crippen LogP contribution in [0.4, 0.5) is 0 Å². The summed E-state index contributed by atoms with van der Waals surface area (Å²) in [6, 6.07) is 33.5. The summed E-state index contributed by atoms with van der Waals surface area (Å²) in [5.41, 5.74) is 5.09. The van der Waals surface area contributed by atoms with Gasteiger partial charge in [0.25, 0.3) is 0 Å². The van der Waals surface area contributed by atoms with E-state index in [9.17, 15) is 0 Å². The van der Waals surface area contributed by atoms with Crippen molar-refractivity contribution in [2.75, 3.05) is 0 Å². The van der Waals surface area contributed by atoms with Gasteiger partial charge < -0.3 is 0 Å². The number of aromatic nitrogens is 1. The number of fused-ring (bicyclic) bond motifs is 6. The SMILES string of the molecule is c1ccc2c(c1)[se]c1c(-c3cncc(-c4cccc5c4[se]c4ccccc45)c3)cccc12. The maximum absolute atomic E-state index is 4.70. The summed E-state index contributed by atoms with van der Waals surface area (Å²) < 4.78 is 5.92. The van der Waals surface area contributed by atoms with Crippen molar-refractivity contribution in [1.82, 2.24) is 4.98 Å². The van der Waals surface area contributed by atoms with Gasteiger partial charge in [0.1, 0.15) is 0 Å². The van der Waals surface area contributed by atoms with Gasteiger partial charge in [-0.2, -0.15) is 0 Å². The van der Waals surface area contributed by atoms with Gasteiger partial charge in [-0.05, 0) is 0 Å². The molecule has 0 amide bonds. The molecule has 3 heteroatoms. The monoisotopic (exact) mass is 539 g/mol. The van der Waals surface area contributed by atoms with E-state index in [2.05, 4.69) is 91.0 Å². The van der Waals surface area contributed by atoms with E-state index in [0.717, 1.165) is 0 Å². The fraction of sp³-hybridized carbons (Fsp3) is 0. The molecule has 1 nitrogen and oxygen atoms in total. The zero-order chi connectivity index (χ0) is 21.1. The van der Waals surface area contributed by atoms with Gasteiger partial charge in [-0.3, -0.25) is 0 Å². The molecule has 0 fully saturated rings. The van der Waals surface area contributed by atoms with E-state index >= 15 is 0 Å². The minimum absolute atomic E-state index is 0.331. The zero-order valence-electron chi connectivity index (χ0n) is 17.1. The second-order valence-corrected chi connectivity index (χ2v) is 12.4. The average Bonchev–Trinajstić information content (AvgIpc) is 3.42. The molecular weight excluding hydrogens is 520 g/mol. The molecule has 3 heterocycles. The summed E-state index contributed by atoms with van der Waals surface area (Å²) in [4.78, 5) is 4.70. The summed E-state index contributed by atoms with van der Waals surface area (Å²) in [6.45, 7) is 0. The van der Waals surface area contributed by atoms with Gasteiger partial charge in [0.2, 0.25) is 0 Å². The van der Waals surface area contributed by atoms with E-state index in [1.807, 2.05) is 12.4 Å². The Kier molecular flexibility index (Phi) is 4.25. The first-order chi connectivity index (χ1) is 15.9. The Bertz CT molecular complexity index is 1660. The van der Waals surface area contributed by atoms with Crippen molar-refractivity contribution < 1.29 is 0 Å². The molecule has 0 spiro atoms. The summed E-state index contributed by atoms with van der Waals surface area (Å²) in [5, 5.41) is 5.58. The van der Waals surface area contributed by atoms with Crippen LogP contribution < -0.4 is 0 Å². The van der Waals surface area contributed by atoms with Crippen LogP contribution in [0.2, 0.25) is 0 Å². The van der Waals surface area contributed by atoms with Crippen LogP contribution in [-0.2, 0) is 0 Å². The van der Waals surface area contributed by atoms with Crippen LogP contribution in [0, 0.1) is 0 Å². The second-order valence-electron chi connectivity index (χ2n) is 8.02. The van der Waals surface area contributed by atoms with Gasteiger partial charge in [-0.25, -0.2) is 0 Å². The van der Waals surface area contributed by atoms with Crippen LogP contribution in [0.1, 0.15) is 0 Å².